The highest BCUT2D eigenvalue weighted by Crippen LogP contribution is 2.28. The third kappa shape index (κ3) is 3.83. The molecule has 0 spiro atoms. The van der Waals surface area contributed by atoms with Gasteiger partial charge in [0.05, 0.1) is 16.7 Å². The normalized spacial score (nSPS) is 15.4. The maximum Gasteiger partial charge on any atom is 0.244 e. The highest BCUT2D eigenvalue weighted by atomic mass is 35.5. The number of piperazine rings is 1. The Kier molecular flexibility index (Phi) is 5.51. The van der Waals surface area contributed by atoms with Gasteiger partial charge in [0.2, 0.25) is 10.0 Å². The molecular weight excluding hydrogens is 386 g/mol. The number of nitriles is 1. The molecule has 2 aromatic rings. The van der Waals surface area contributed by atoms with Crippen molar-refractivity contribution in [3.05, 3.63) is 58.6 Å². The first-order valence-electron chi connectivity index (χ1n) is 8.39. The SMILES string of the molecule is CC(=O)c1ccc(C#N)cc1N1CCN(S(=O)(=O)c2ccccc2Cl)CC1. The lowest BCUT2D eigenvalue weighted by Crippen LogP contribution is -2.49. The molecule has 8 heteroatoms. The molecule has 0 saturated carbocycles. The molecule has 0 atom stereocenters. The van der Waals surface area contributed by atoms with Crippen LogP contribution < -0.4 is 4.90 Å². The second kappa shape index (κ2) is 7.69. The number of carbonyl (C=O) groups excluding carboxylic acids is 1. The van der Waals surface area contributed by atoms with Crippen LogP contribution in [-0.4, -0.2) is 44.7 Å². The Morgan fingerprint density at radius 2 is 1.78 bits per heavy atom. The Bertz CT molecular complexity index is 1020. The number of halogens is 1. The number of sulfonamides is 1. The van der Waals surface area contributed by atoms with Gasteiger partial charge in [-0.05, 0) is 37.3 Å². The maximum absolute atomic E-state index is 12.9. The molecule has 0 radical (unpaired) electrons. The summed E-state index contributed by atoms with van der Waals surface area (Å²) in [7, 11) is -3.68. The molecule has 1 aliphatic rings. The Hall–Kier alpha value is -2.40. The van der Waals surface area contributed by atoms with Crippen molar-refractivity contribution in [1.82, 2.24) is 4.31 Å². The quantitative estimate of drug-likeness (QED) is 0.733. The van der Waals surface area contributed by atoms with E-state index in [1.807, 2.05) is 4.90 Å². The molecule has 0 aliphatic carbocycles. The van der Waals surface area contributed by atoms with Crippen molar-refractivity contribution in [3.8, 4) is 6.07 Å². The summed E-state index contributed by atoms with van der Waals surface area (Å²) in [5, 5.41) is 9.33. The average molecular weight is 404 g/mol. The monoisotopic (exact) mass is 403 g/mol. The van der Waals surface area contributed by atoms with Crippen LogP contribution in [0.3, 0.4) is 0 Å². The number of hydrogen-bond acceptors (Lipinski definition) is 5. The summed E-state index contributed by atoms with van der Waals surface area (Å²) in [6.45, 7) is 2.84. The molecule has 0 aromatic heterocycles. The van der Waals surface area contributed by atoms with Crippen LogP contribution in [0.5, 0.6) is 0 Å². The molecule has 6 nitrogen and oxygen atoms in total. The first-order chi connectivity index (χ1) is 12.8. The van der Waals surface area contributed by atoms with E-state index in [2.05, 4.69) is 6.07 Å². The first kappa shape index (κ1) is 19.4. The largest absolute Gasteiger partial charge is 0.368 e. The van der Waals surface area contributed by atoms with Crippen LogP contribution in [0.1, 0.15) is 22.8 Å². The van der Waals surface area contributed by atoms with E-state index in [9.17, 15) is 13.2 Å². The van der Waals surface area contributed by atoms with Crippen molar-refractivity contribution in [2.24, 2.45) is 0 Å². The predicted octanol–water partition coefficient (Wildman–Crippen LogP) is 2.93. The Morgan fingerprint density at radius 1 is 1.11 bits per heavy atom. The molecule has 1 fully saturated rings. The van der Waals surface area contributed by atoms with Gasteiger partial charge in [-0.3, -0.25) is 4.79 Å². The van der Waals surface area contributed by atoms with Gasteiger partial charge in [0.25, 0.3) is 0 Å². The topological polar surface area (TPSA) is 81.5 Å². The molecule has 0 N–H and O–H groups in total. The third-order valence-electron chi connectivity index (χ3n) is 4.54. The van der Waals surface area contributed by atoms with Gasteiger partial charge in [-0.1, -0.05) is 23.7 Å². The molecule has 0 unspecified atom stereocenters. The van der Waals surface area contributed by atoms with Gasteiger partial charge in [-0.2, -0.15) is 9.57 Å². The number of carbonyl (C=O) groups is 1. The van der Waals surface area contributed by atoms with Crippen molar-refractivity contribution in [3.63, 3.8) is 0 Å². The second-order valence-corrected chi connectivity index (χ2v) is 8.54. The fourth-order valence-electron chi connectivity index (χ4n) is 3.12. The Balaban J connectivity index is 1.83. The van der Waals surface area contributed by atoms with E-state index in [1.165, 1.54) is 17.3 Å². The van der Waals surface area contributed by atoms with Gasteiger partial charge in [0.15, 0.2) is 5.78 Å². The summed E-state index contributed by atoms with van der Waals surface area (Å²) >= 11 is 6.06. The smallest absolute Gasteiger partial charge is 0.244 e. The fourth-order valence-corrected chi connectivity index (χ4v) is 5.04. The Labute approximate surface area is 163 Å². The molecule has 1 heterocycles. The maximum atomic E-state index is 12.9. The van der Waals surface area contributed by atoms with E-state index in [0.717, 1.165) is 0 Å². The molecule has 0 amide bonds. The van der Waals surface area contributed by atoms with E-state index in [0.29, 0.717) is 29.9 Å². The summed E-state index contributed by atoms with van der Waals surface area (Å²) in [6.07, 6.45) is 0. The highest BCUT2D eigenvalue weighted by molar-refractivity contribution is 7.89. The minimum absolute atomic E-state index is 0.0935. The summed E-state index contributed by atoms with van der Waals surface area (Å²) in [4.78, 5) is 14.0. The molecule has 3 rings (SSSR count). The molecular formula is C19H18ClN3O3S. The molecule has 1 aliphatic heterocycles. The molecule has 0 bridgehead atoms. The van der Waals surface area contributed by atoms with E-state index in [-0.39, 0.29) is 28.8 Å². The fraction of sp³-hybridized carbons (Fsp3) is 0.263. The lowest BCUT2D eigenvalue weighted by Gasteiger charge is -2.36. The summed E-state index contributed by atoms with van der Waals surface area (Å²) < 4.78 is 27.1. The van der Waals surface area contributed by atoms with Crippen molar-refractivity contribution < 1.29 is 13.2 Å². The third-order valence-corrected chi connectivity index (χ3v) is 6.94. The number of benzene rings is 2. The summed E-state index contributed by atoms with van der Waals surface area (Å²) in [5.74, 6) is -0.0967. The standard InChI is InChI=1S/C19H18ClN3O3S/c1-14(24)16-7-6-15(13-21)12-18(16)22-8-10-23(11-9-22)27(25,26)19-5-3-2-4-17(19)20/h2-7,12H,8-11H2,1H3. The van der Waals surface area contributed by atoms with Gasteiger partial charge in [0.1, 0.15) is 4.90 Å². The van der Waals surface area contributed by atoms with Crippen molar-refractivity contribution >= 4 is 33.1 Å². The van der Waals surface area contributed by atoms with E-state index in [1.54, 1.807) is 36.4 Å². The van der Waals surface area contributed by atoms with Crippen LogP contribution in [0.4, 0.5) is 5.69 Å². The van der Waals surface area contributed by atoms with Crippen LogP contribution in [0.2, 0.25) is 5.02 Å². The molecule has 2 aromatic carbocycles. The van der Waals surface area contributed by atoms with Crippen molar-refractivity contribution in [2.75, 3.05) is 31.1 Å². The summed E-state index contributed by atoms with van der Waals surface area (Å²) in [6, 6.07) is 13.4. The number of hydrogen-bond donors (Lipinski definition) is 0. The number of nitrogens with zero attached hydrogens (tertiary/aromatic N) is 3. The lowest BCUT2D eigenvalue weighted by molar-refractivity contribution is 0.101. The lowest BCUT2D eigenvalue weighted by atomic mass is 10.0. The zero-order valence-electron chi connectivity index (χ0n) is 14.7. The highest BCUT2D eigenvalue weighted by Gasteiger charge is 2.30. The molecule has 140 valence electrons. The van der Waals surface area contributed by atoms with Gasteiger partial charge in [-0.15, -0.1) is 0 Å². The Morgan fingerprint density at radius 3 is 2.37 bits per heavy atom. The van der Waals surface area contributed by atoms with Gasteiger partial charge >= 0.3 is 0 Å². The van der Waals surface area contributed by atoms with Crippen LogP contribution in [-0.2, 0) is 10.0 Å². The molecule has 27 heavy (non-hydrogen) atoms. The minimum Gasteiger partial charge on any atom is -0.368 e. The average Bonchev–Trinajstić information content (AvgIpc) is 2.67. The minimum atomic E-state index is -3.68. The van der Waals surface area contributed by atoms with E-state index in [4.69, 9.17) is 16.9 Å². The number of anilines is 1. The van der Waals surface area contributed by atoms with Crippen LogP contribution >= 0.6 is 11.6 Å². The zero-order chi connectivity index (χ0) is 19.6. The number of ketones is 1. The number of rotatable bonds is 4. The summed E-state index contributed by atoms with van der Waals surface area (Å²) in [5.41, 5.74) is 1.65. The van der Waals surface area contributed by atoms with Crippen LogP contribution in [0.25, 0.3) is 0 Å². The number of Topliss-reactive ketones (excluding diaryl/α,β-unsaturated/α-hetero) is 1. The van der Waals surface area contributed by atoms with E-state index < -0.39 is 10.0 Å². The van der Waals surface area contributed by atoms with E-state index >= 15 is 0 Å². The molecule has 1 saturated heterocycles. The van der Waals surface area contributed by atoms with Crippen LogP contribution in [0, 0.1) is 11.3 Å². The first-order valence-corrected chi connectivity index (χ1v) is 10.2. The van der Waals surface area contributed by atoms with Gasteiger partial charge < -0.3 is 4.90 Å². The predicted molar refractivity (Wildman–Crippen MR) is 104 cm³/mol. The van der Waals surface area contributed by atoms with Gasteiger partial charge in [-0.25, -0.2) is 8.42 Å². The second-order valence-electron chi connectivity index (χ2n) is 6.22. The van der Waals surface area contributed by atoms with Crippen molar-refractivity contribution in [1.29, 1.82) is 5.26 Å². The van der Waals surface area contributed by atoms with Crippen LogP contribution in [0.15, 0.2) is 47.4 Å². The van der Waals surface area contributed by atoms with Gasteiger partial charge in [0, 0.05) is 37.4 Å². The zero-order valence-corrected chi connectivity index (χ0v) is 16.3. The van der Waals surface area contributed by atoms with Crippen molar-refractivity contribution in [2.45, 2.75) is 11.8 Å².